The van der Waals surface area contributed by atoms with Crippen molar-refractivity contribution in [3.8, 4) is 17.1 Å². The maximum absolute atomic E-state index is 12.9. The van der Waals surface area contributed by atoms with Crippen LogP contribution < -0.4 is 20.5 Å². The lowest BCUT2D eigenvalue weighted by Crippen LogP contribution is -2.44. The molecule has 0 aliphatic carbocycles. The Hall–Kier alpha value is -3.57. The van der Waals surface area contributed by atoms with Gasteiger partial charge in [-0.25, -0.2) is 4.98 Å². The fourth-order valence-corrected chi connectivity index (χ4v) is 4.98. The van der Waals surface area contributed by atoms with E-state index in [0.29, 0.717) is 46.6 Å². The Kier molecular flexibility index (Phi) is 7.57. The SMILES string of the molecule is COc1ccc([C@H](O)CNc2cc[nH]c(=O)c2-c2nc3c(C)cc(N4CCOC(CO)C4)cc3[nH]2)cc1Cl. The van der Waals surface area contributed by atoms with Crippen LogP contribution in [0.1, 0.15) is 17.2 Å². The second-order valence-electron chi connectivity index (χ2n) is 9.25. The zero-order valence-electron chi connectivity index (χ0n) is 21.1. The minimum atomic E-state index is -0.873. The molecule has 11 heteroatoms. The van der Waals surface area contributed by atoms with E-state index in [1.54, 1.807) is 30.5 Å². The minimum absolute atomic E-state index is 0.0291. The van der Waals surface area contributed by atoms with Crippen LogP contribution in [0.15, 0.2) is 47.4 Å². The molecule has 2 aromatic heterocycles. The van der Waals surface area contributed by atoms with Gasteiger partial charge in [0.15, 0.2) is 0 Å². The first-order valence-corrected chi connectivity index (χ1v) is 12.7. The van der Waals surface area contributed by atoms with E-state index < -0.39 is 6.10 Å². The summed E-state index contributed by atoms with van der Waals surface area (Å²) in [6, 6.07) is 10.9. The smallest absolute Gasteiger partial charge is 0.261 e. The molecule has 2 atom stereocenters. The quantitative estimate of drug-likeness (QED) is 0.230. The highest BCUT2D eigenvalue weighted by Gasteiger charge is 2.22. The van der Waals surface area contributed by atoms with Crippen molar-refractivity contribution >= 4 is 34.0 Å². The summed E-state index contributed by atoms with van der Waals surface area (Å²) in [6.07, 6.45) is 0.451. The molecule has 0 amide bonds. The Morgan fingerprint density at radius 3 is 2.92 bits per heavy atom. The molecule has 1 fully saturated rings. The van der Waals surface area contributed by atoms with Crippen molar-refractivity contribution in [1.82, 2.24) is 15.0 Å². The van der Waals surface area contributed by atoms with Crippen LogP contribution in [0.4, 0.5) is 11.4 Å². The van der Waals surface area contributed by atoms with Gasteiger partial charge < -0.3 is 39.9 Å². The van der Waals surface area contributed by atoms with Crippen molar-refractivity contribution in [3.05, 3.63) is 69.1 Å². The molecule has 5 N–H and O–H groups in total. The van der Waals surface area contributed by atoms with E-state index in [4.69, 9.17) is 26.1 Å². The third-order valence-corrected chi connectivity index (χ3v) is 7.01. The van der Waals surface area contributed by atoms with Crippen LogP contribution in [0.5, 0.6) is 5.75 Å². The van der Waals surface area contributed by atoms with Crippen LogP contribution in [0, 0.1) is 6.92 Å². The molecule has 2 aromatic carbocycles. The number of pyridine rings is 1. The Labute approximate surface area is 224 Å². The first kappa shape index (κ1) is 26.1. The van der Waals surface area contributed by atoms with Crippen LogP contribution in [-0.2, 0) is 4.74 Å². The Morgan fingerprint density at radius 1 is 1.32 bits per heavy atom. The number of anilines is 2. The summed E-state index contributed by atoms with van der Waals surface area (Å²) < 4.78 is 10.8. The number of benzene rings is 2. The van der Waals surface area contributed by atoms with Gasteiger partial charge >= 0.3 is 0 Å². The number of nitrogens with zero attached hydrogens (tertiary/aromatic N) is 2. The fraction of sp³-hybridized carbons (Fsp3) is 0.333. The number of hydrogen-bond donors (Lipinski definition) is 5. The van der Waals surface area contributed by atoms with Gasteiger partial charge in [-0.2, -0.15) is 0 Å². The molecular weight excluding hydrogens is 510 g/mol. The standard InChI is InChI=1S/C27H30ClN5O5/c1-15-9-17(33-7-8-38-18(13-33)14-34)11-21-25(15)32-26(31-21)24-20(5-6-29-27(24)36)30-12-22(35)16-3-4-23(37-2)19(28)10-16/h3-6,9-11,18,22,34-35H,7-8,12-14H2,1-2H3,(H,31,32)(H2,29,30,36)/t18?,22-/m1/s1. The maximum atomic E-state index is 12.9. The molecule has 200 valence electrons. The van der Waals surface area contributed by atoms with Crippen molar-refractivity contribution in [2.75, 3.05) is 50.2 Å². The maximum Gasteiger partial charge on any atom is 0.261 e. The predicted octanol–water partition coefficient (Wildman–Crippen LogP) is 3.23. The van der Waals surface area contributed by atoms with Gasteiger partial charge in [0, 0.05) is 31.5 Å². The van der Waals surface area contributed by atoms with E-state index >= 15 is 0 Å². The number of nitrogens with one attached hydrogen (secondary N) is 3. The largest absolute Gasteiger partial charge is 0.495 e. The lowest BCUT2D eigenvalue weighted by Gasteiger charge is -2.33. The summed E-state index contributed by atoms with van der Waals surface area (Å²) in [6.45, 7) is 3.95. The van der Waals surface area contributed by atoms with Crippen LogP contribution >= 0.6 is 11.6 Å². The lowest BCUT2D eigenvalue weighted by atomic mass is 10.1. The van der Waals surface area contributed by atoms with Gasteiger partial charge in [0.1, 0.15) is 17.1 Å². The Morgan fingerprint density at radius 2 is 2.16 bits per heavy atom. The number of aliphatic hydroxyl groups excluding tert-OH is 2. The summed E-state index contributed by atoms with van der Waals surface area (Å²) in [7, 11) is 1.53. The molecule has 3 heterocycles. The normalized spacial score (nSPS) is 16.6. The molecule has 1 saturated heterocycles. The zero-order chi connectivity index (χ0) is 26.8. The number of rotatable bonds is 8. The van der Waals surface area contributed by atoms with Gasteiger partial charge in [0.2, 0.25) is 0 Å². The summed E-state index contributed by atoms with van der Waals surface area (Å²) in [5.41, 5.74) is 4.69. The van der Waals surface area contributed by atoms with Crippen LogP contribution in [0.25, 0.3) is 22.4 Å². The summed E-state index contributed by atoms with van der Waals surface area (Å²) in [5, 5.41) is 23.8. The predicted molar refractivity (Wildman–Crippen MR) is 147 cm³/mol. The number of aromatic nitrogens is 3. The number of halogens is 1. The van der Waals surface area contributed by atoms with Gasteiger partial charge in [-0.3, -0.25) is 4.79 Å². The number of imidazole rings is 1. The highest BCUT2D eigenvalue weighted by atomic mass is 35.5. The number of aliphatic hydroxyl groups is 2. The molecule has 1 unspecified atom stereocenters. The molecule has 5 rings (SSSR count). The average Bonchev–Trinajstić information content (AvgIpc) is 3.36. The highest BCUT2D eigenvalue weighted by Crippen LogP contribution is 2.31. The number of ether oxygens (including phenoxy) is 2. The number of aryl methyl sites for hydroxylation is 1. The number of fused-ring (bicyclic) bond motifs is 1. The van der Waals surface area contributed by atoms with Crippen molar-refractivity contribution in [2.45, 2.75) is 19.1 Å². The Balaban J connectivity index is 1.42. The van der Waals surface area contributed by atoms with Crippen molar-refractivity contribution in [3.63, 3.8) is 0 Å². The number of aromatic amines is 2. The van der Waals surface area contributed by atoms with E-state index in [0.717, 1.165) is 28.8 Å². The number of morpholine rings is 1. The van der Waals surface area contributed by atoms with Crippen LogP contribution in [0.2, 0.25) is 5.02 Å². The Bertz CT molecular complexity index is 1500. The fourth-order valence-electron chi connectivity index (χ4n) is 4.71. The average molecular weight is 540 g/mol. The lowest BCUT2D eigenvalue weighted by molar-refractivity contribution is 0.00357. The molecular formula is C27H30ClN5O5. The first-order chi connectivity index (χ1) is 18.4. The van der Waals surface area contributed by atoms with Crippen molar-refractivity contribution < 1.29 is 19.7 Å². The van der Waals surface area contributed by atoms with Crippen molar-refractivity contribution in [2.24, 2.45) is 0 Å². The van der Waals surface area contributed by atoms with E-state index in [1.807, 2.05) is 13.0 Å². The summed E-state index contributed by atoms with van der Waals surface area (Å²) >= 11 is 6.21. The molecule has 0 spiro atoms. The third-order valence-electron chi connectivity index (χ3n) is 6.71. The minimum Gasteiger partial charge on any atom is -0.495 e. The topological polar surface area (TPSA) is 136 Å². The molecule has 0 bridgehead atoms. The molecule has 38 heavy (non-hydrogen) atoms. The molecule has 10 nitrogen and oxygen atoms in total. The van der Waals surface area contributed by atoms with Gasteiger partial charge in [-0.05, 0) is 48.4 Å². The monoisotopic (exact) mass is 539 g/mol. The molecule has 4 aromatic rings. The van der Waals surface area contributed by atoms with E-state index in [9.17, 15) is 15.0 Å². The molecule has 0 radical (unpaired) electrons. The second-order valence-corrected chi connectivity index (χ2v) is 9.66. The van der Waals surface area contributed by atoms with Gasteiger partial charge in [0.05, 0.1) is 54.3 Å². The number of methoxy groups -OCH3 is 1. The van der Waals surface area contributed by atoms with Gasteiger partial charge in [-0.15, -0.1) is 0 Å². The molecule has 1 aliphatic heterocycles. The second kappa shape index (κ2) is 11.0. The molecule has 0 saturated carbocycles. The van der Waals surface area contributed by atoms with Gasteiger partial charge in [-0.1, -0.05) is 17.7 Å². The van der Waals surface area contributed by atoms with E-state index in [2.05, 4.69) is 26.3 Å². The van der Waals surface area contributed by atoms with E-state index in [1.165, 1.54) is 7.11 Å². The van der Waals surface area contributed by atoms with E-state index in [-0.39, 0.29) is 24.8 Å². The zero-order valence-corrected chi connectivity index (χ0v) is 21.9. The first-order valence-electron chi connectivity index (χ1n) is 12.3. The van der Waals surface area contributed by atoms with Crippen molar-refractivity contribution in [1.29, 1.82) is 0 Å². The summed E-state index contributed by atoms with van der Waals surface area (Å²) in [5.74, 6) is 0.944. The number of H-pyrrole nitrogens is 2. The molecule has 1 aliphatic rings. The summed E-state index contributed by atoms with van der Waals surface area (Å²) in [4.78, 5) is 25.9. The highest BCUT2D eigenvalue weighted by molar-refractivity contribution is 6.32. The van der Waals surface area contributed by atoms with Crippen LogP contribution in [-0.4, -0.2) is 71.2 Å². The van der Waals surface area contributed by atoms with Crippen LogP contribution in [0.3, 0.4) is 0 Å². The third kappa shape index (κ3) is 5.21. The van der Waals surface area contributed by atoms with Gasteiger partial charge in [0.25, 0.3) is 5.56 Å². The number of hydrogen-bond acceptors (Lipinski definition) is 8.